The Bertz CT molecular complexity index is 1300. The molecular weight excluding hydrogens is 424 g/mol. The molecular formula is C25H18N2O6. The molecule has 3 amide bonds. The van der Waals surface area contributed by atoms with Gasteiger partial charge in [-0.15, -0.1) is 0 Å². The third-order valence-electron chi connectivity index (χ3n) is 5.93. The molecule has 33 heavy (non-hydrogen) atoms. The smallest absolute Gasteiger partial charge is 0.287 e. The Morgan fingerprint density at radius 3 is 2.39 bits per heavy atom. The van der Waals surface area contributed by atoms with Gasteiger partial charge in [0.2, 0.25) is 17.6 Å². The minimum Gasteiger partial charge on any atom is -0.447 e. The molecule has 3 aromatic rings. The predicted octanol–water partition coefficient (Wildman–Crippen LogP) is 2.51. The maximum atomic E-state index is 12.8. The van der Waals surface area contributed by atoms with Crippen molar-refractivity contribution in [2.24, 2.45) is 0 Å². The van der Waals surface area contributed by atoms with E-state index in [1.165, 1.54) is 6.07 Å². The Balaban J connectivity index is 1.36. The molecule has 164 valence electrons. The van der Waals surface area contributed by atoms with E-state index in [1.807, 2.05) is 0 Å². The van der Waals surface area contributed by atoms with Gasteiger partial charge in [0, 0.05) is 30.2 Å². The number of imide groups is 1. The number of nitrogens with one attached hydrogen (secondary N) is 2. The Hall–Kier alpha value is -4.33. The lowest BCUT2D eigenvalue weighted by molar-refractivity contribution is -0.134. The van der Waals surface area contributed by atoms with Crippen LogP contribution in [0.5, 0.6) is 0 Å². The number of ketones is 2. The van der Waals surface area contributed by atoms with E-state index in [4.69, 9.17) is 4.42 Å². The molecule has 0 bridgehead atoms. The molecule has 2 N–H and O–H groups in total. The lowest BCUT2D eigenvalue weighted by Gasteiger charge is -2.23. The average Bonchev–Trinajstić information content (AvgIpc) is 3.28. The van der Waals surface area contributed by atoms with Gasteiger partial charge in [0.25, 0.3) is 5.91 Å². The van der Waals surface area contributed by atoms with Crippen LogP contribution in [0.25, 0.3) is 0 Å². The molecule has 1 unspecified atom stereocenters. The van der Waals surface area contributed by atoms with Crippen LogP contribution in [0.15, 0.2) is 59.0 Å². The van der Waals surface area contributed by atoms with Gasteiger partial charge in [0.05, 0.1) is 11.5 Å². The fourth-order valence-corrected chi connectivity index (χ4v) is 4.27. The van der Waals surface area contributed by atoms with Crippen molar-refractivity contribution in [3.05, 3.63) is 93.9 Å². The summed E-state index contributed by atoms with van der Waals surface area (Å²) in [7, 11) is 0. The van der Waals surface area contributed by atoms with Gasteiger partial charge in [0.1, 0.15) is 0 Å². The van der Waals surface area contributed by atoms with Crippen molar-refractivity contribution in [3.63, 3.8) is 0 Å². The fraction of sp³-hybridized carbons (Fsp3) is 0.160. The van der Waals surface area contributed by atoms with Crippen LogP contribution in [0.1, 0.15) is 72.5 Å². The first kappa shape index (κ1) is 20.6. The molecule has 0 spiro atoms. The summed E-state index contributed by atoms with van der Waals surface area (Å²) in [6.45, 7) is 0.0974. The monoisotopic (exact) mass is 442 g/mol. The van der Waals surface area contributed by atoms with Crippen molar-refractivity contribution < 1.29 is 28.4 Å². The van der Waals surface area contributed by atoms with Crippen LogP contribution in [-0.2, 0) is 16.1 Å². The highest BCUT2D eigenvalue weighted by Gasteiger charge is 2.34. The van der Waals surface area contributed by atoms with E-state index >= 15 is 0 Å². The number of fused-ring (bicyclic) bond motifs is 2. The van der Waals surface area contributed by atoms with Crippen LogP contribution in [0, 0.1) is 0 Å². The van der Waals surface area contributed by atoms with Crippen LogP contribution in [0.2, 0.25) is 0 Å². The summed E-state index contributed by atoms with van der Waals surface area (Å²) in [6, 6.07) is 14.9. The summed E-state index contributed by atoms with van der Waals surface area (Å²) < 4.78 is 5.49. The van der Waals surface area contributed by atoms with Gasteiger partial charge < -0.3 is 9.73 Å². The minimum atomic E-state index is -0.591. The number of benzene rings is 2. The van der Waals surface area contributed by atoms with Crippen molar-refractivity contribution in [2.45, 2.75) is 25.3 Å². The van der Waals surface area contributed by atoms with E-state index in [-0.39, 0.29) is 58.8 Å². The zero-order valence-electron chi connectivity index (χ0n) is 17.3. The first-order chi connectivity index (χ1) is 15.9. The van der Waals surface area contributed by atoms with Gasteiger partial charge >= 0.3 is 0 Å². The number of hydrogen-bond donors (Lipinski definition) is 2. The highest BCUT2D eigenvalue weighted by Crippen LogP contribution is 2.30. The molecule has 2 heterocycles. The highest BCUT2D eigenvalue weighted by molar-refractivity contribution is 6.27. The molecule has 1 fully saturated rings. The zero-order chi connectivity index (χ0) is 23.1. The van der Waals surface area contributed by atoms with Crippen molar-refractivity contribution in [1.29, 1.82) is 0 Å². The van der Waals surface area contributed by atoms with Gasteiger partial charge in [-0.3, -0.25) is 29.3 Å². The number of carbonyl (C=O) groups is 5. The maximum absolute atomic E-state index is 12.8. The molecule has 1 atom stereocenters. The number of furan rings is 1. The van der Waals surface area contributed by atoms with Crippen molar-refractivity contribution in [3.8, 4) is 0 Å². The summed E-state index contributed by atoms with van der Waals surface area (Å²) in [6.07, 6.45) is 0.644. The molecule has 1 aliphatic carbocycles. The van der Waals surface area contributed by atoms with Crippen LogP contribution < -0.4 is 10.6 Å². The van der Waals surface area contributed by atoms with Gasteiger partial charge in [-0.1, -0.05) is 48.5 Å². The van der Waals surface area contributed by atoms with E-state index in [2.05, 4.69) is 10.6 Å². The van der Waals surface area contributed by atoms with E-state index in [0.29, 0.717) is 6.42 Å². The lowest BCUT2D eigenvalue weighted by Crippen LogP contribution is -2.40. The average molecular weight is 442 g/mol. The number of amides is 3. The number of carbonyl (C=O) groups excluding carboxylic acids is 5. The topological polar surface area (TPSA) is 123 Å². The molecule has 2 aromatic carbocycles. The molecule has 0 radical (unpaired) electrons. The first-order valence-electron chi connectivity index (χ1n) is 10.5. The lowest BCUT2D eigenvalue weighted by atomic mass is 9.87. The van der Waals surface area contributed by atoms with Crippen LogP contribution >= 0.6 is 0 Å². The summed E-state index contributed by atoms with van der Waals surface area (Å²) in [5.41, 5.74) is 2.03. The molecule has 1 saturated heterocycles. The number of piperidine rings is 1. The van der Waals surface area contributed by atoms with E-state index < -0.39 is 17.6 Å². The van der Waals surface area contributed by atoms with Crippen molar-refractivity contribution in [2.75, 3.05) is 0 Å². The molecule has 2 aliphatic rings. The number of rotatable bonds is 4. The van der Waals surface area contributed by atoms with Gasteiger partial charge in [-0.25, -0.2) is 0 Å². The molecule has 1 aliphatic heterocycles. The second-order valence-electron chi connectivity index (χ2n) is 7.94. The van der Waals surface area contributed by atoms with E-state index in [0.717, 1.165) is 11.1 Å². The third kappa shape index (κ3) is 3.55. The molecule has 8 heteroatoms. The van der Waals surface area contributed by atoms with Gasteiger partial charge in [-0.05, 0) is 17.5 Å². The first-order valence-corrected chi connectivity index (χ1v) is 10.5. The Morgan fingerprint density at radius 2 is 1.64 bits per heavy atom. The zero-order valence-corrected chi connectivity index (χ0v) is 17.3. The molecule has 0 saturated carbocycles. The summed E-state index contributed by atoms with van der Waals surface area (Å²) in [5.74, 6) is -2.84. The number of hydrogen-bond acceptors (Lipinski definition) is 6. The summed E-state index contributed by atoms with van der Waals surface area (Å²) in [4.78, 5) is 62.0. The Morgan fingerprint density at radius 1 is 0.939 bits per heavy atom. The second kappa shape index (κ2) is 7.98. The quantitative estimate of drug-likeness (QED) is 0.468. The second-order valence-corrected chi connectivity index (χ2v) is 7.94. The van der Waals surface area contributed by atoms with Crippen molar-refractivity contribution >= 4 is 29.3 Å². The minimum absolute atomic E-state index is 0.0628. The third-order valence-corrected chi connectivity index (χ3v) is 5.93. The Kier molecular flexibility index (Phi) is 4.97. The standard InChI is InChI=1S/C25H18N2O6/c28-20-10-9-17(24(31)27-20)14-6-2-1-5-13(14)12-26-25(32)19-11-18-21(29)15-7-3-4-8-16(15)22(30)23(18)33-19/h1-8,11,17H,9-10,12H2,(H,26,32)(H,27,28,31). The van der Waals surface area contributed by atoms with E-state index in [9.17, 15) is 24.0 Å². The highest BCUT2D eigenvalue weighted by atomic mass is 16.4. The Labute approximate surface area is 188 Å². The fourth-order valence-electron chi connectivity index (χ4n) is 4.27. The summed E-state index contributed by atoms with van der Waals surface area (Å²) >= 11 is 0. The van der Waals surface area contributed by atoms with Gasteiger partial charge in [-0.2, -0.15) is 0 Å². The van der Waals surface area contributed by atoms with Crippen LogP contribution in [0.3, 0.4) is 0 Å². The SMILES string of the molecule is O=C1CCC(c2ccccc2CNC(=O)c2cc3c(o2)C(=O)c2ccccc2C3=O)C(=O)N1. The summed E-state index contributed by atoms with van der Waals surface area (Å²) in [5, 5.41) is 5.07. The van der Waals surface area contributed by atoms with Crippen molar-refractivity contribution in [1.82, 2.24) is 10.6 Å². The van der Waals surface area contributed by atoms with E-state index in [1.54, 1.807) is 48.5 Å². The van der Waals surface area contributed by atoms with Crippen LogP contribution in [-0.4, -0.2) is 29.3 Å². The maximum Gasteiger partial charge on any atom is 0.287 e. The largest absolute Gasteiger partial charge is 0.447 e. The van der Waals surface area contributed by atoms with Crippen LogP contribution in [0.4, 0.5) is 0 Å². The molecule has 8 nitrogen and oxygen atoms in total. The normalized spacial score (nSPS) is 17.3. The molecule has 1 aromatic heterocycles. The van der Waals surface area contributed by atoms with Gasteiger partial charge in [0.15, 0.2) is 17.3 Å². The molecule has 5 rings (SSSR count). The predicted molar refractivity (Wildman–Crippen MR) is 115 cm³/mol.